The third-order valence-electron chi connectivity index (χ3n) is 2.63. The number of hydrogen-bond acceptors (Lipinski definition) is 1. The van der Waals surface area contributed by atoms with E-state index < -0.39 is 0 Å². The molecule has 0 aliphatic carbocycles. The second-order valence-corrected chi connectivity index (χ2v) is 5.18. The monoisotopic (exact) mass is 341 g/mol. The normalized spacial score (nSPS) is 10.3. The van der Waals surface area contributed by atoms with Crippen molar-refractivity contribution in [3.8, 4) is 0 Å². The average molecular weight is 341 g/mol. The van der Waals surface area contributed by atoms with Gasteiger partial charge in [0.05, 0.1) is 0 Å². The van der Waals surface area contributed by atoms with E-state index in [1.54, 1.807) is 6.07 Å². The molecule has 0 saturated heterocycles. The van der Waals surface area contributed by atoms with Crippen molar-refractivity contribution in [3.63, 3.8) is 0 Å². The molecule has 3 heteroatoms. The Morgan fingerprint density at radius 1 is 1.12 bits per heavy atom. The molecule has 1 nitrogen and oxygen atoms in total. The highest BCUT2D eigenvalue weighted by molar-refractivity contribution is 14.1. The molecular weight excluding hydrogens is 328 g/mol. The fourth-order valence-electron chi connectivity index (χ4n) is 1.62. The van der Waals surface area contributed by atoms with Crippen molar-refractivity contribution >= 4 is 28.3 Å². The molecule has 2 rings (SSSR count). The predicted molar refractivity (Wildman–Crippen MR) is 77.6 cm³/mol. The maximum Gasteiger partial charge on any atom is 0.123 e. The molecule has 0 amide bonds. The van der Waals surface area contributed by atoms with Gasteiger partial charge in [0.2, 0.25) is 0 Å². The highest BCUT2D eigenvalue weighted by atomic mass is 127. The van der Waals surface area contributed by atoms with Crippen molar-refractivity contribution in [2.75, 3.05) is 5.32 Å². The first-order valence-corrected chi connectivity index (χ1v) is 6.47. The fraction of sp³-hybridized carbons (Fsp3) is 0.143. The van der Waals surface area contributed by atoms with E-state index in [0.717, 1.165) is 16.8 Å². The van der Waals surface area contributed by atoms with Crippen LogP contribution in [-0.2, 0) is 6.54 Å². The van der Waals surface area contributed by atoms with Gasteiger partial charge in [-0.05, 0) is 77.0 Å². The third-order valence-corrected chi connectivity index (χ3v) is 3.35. The van der Waals surface area contributed by atoms with Gasteiger partial charge in [-0.15, -0.1) is 0 Å². The zero-order valence-corrected chi connectivity index (χ0v) is 11.7. The lowest BCUT2D eigenvalue weighted by Crippen LogP contribution is -2.01. The lowest BCUT2D eigenvalue weighted by atomic mass is 10.1. The van der Waals surface area contributed by atoms with Crippen LogP contribution in [0.4, 0.5) is 10.1 Å². The second kappa shape index (κ2) is 5.49. The topological polar surface area (TPSA) is 12.0 Å². The van der Waals surface area contributed by atoms with Crippen molar-refractivity contribution in [1.82, 2.24) is 0 Å². The highest BCUT2D eigenvalue weighted by Crippen LogP contribution is 2.15. The van der Waals surface area contributed by atoms with E-state index in [9.17, 15) is 4.39 Å². The molecule has 2 aromatic carbocycles. The summed E-state index contributed by atoms with van der Waals surface area (Å²) in [6.07, 6.45) is 0. The zero-order valence-electron chi connectivity index (χ0n) is 9.50. The van der Waals surface area contributed by atoms with Gasteiger partial charge in [0.1, 0.15) is 5.82 Å². The molecule has 0 bridgehead atoms. The summed E-state index contributed by atoms with van der Waals surface area (Å²) in [5, 5.41) is 3.32. The van der Waals surface area contributed by atoms with Crippen molar-refractivity contribution < 1.29 is 4.39 Å². The summed E-state index contributed by atoms with van der Waals surface area (Å²) in [7, 11) is 0. The molecule has 0 atom stereocenters. The van der Waals surface area contributed by atoms with E-state index in [1.807, 2.05) is 25.1 Å². The minimum atomic E-state index is -0.180. The van der Waals surface area contributed by atoms with Gasteiger partial charge in [0.25, 0.3) is 0 Å². The number of aryl methyl sites for hydroxylation is 1. The molecule has 0 saturated carbocycles. The van der Waals surface area contributed by atoms with Crippen LogP contribution in [-0.4, -0.2) is 0 Å². The Balaban J connectivity index is 2.04. The Kier molecular flexibility index (Phi) is 3.99. The molecule has 1 N–H and O–H groups in total. The van der Waals surface area contributed by atoms with E-state index in [2.05, 4.69) is 40.0 Å². The van der Waals surface area contributed by atoms with Crippen LogP contribution in [0.1, 0.15) is 11.1 Å². The van der Waals surface area contributed by atoms with E-state index in [0.29, 0.717) is 6.54 Å². The first-order chi connectivity index (χ1) is 8.15. The Labute approximate surface area is 114 Å². The van der Waals surface area contributed by atoms with Gasteiger partial charge < -0.3 is 5.32 Å². The lowest BCUT2D eigenvalue weighted by molar-refractivity contribution is 0.625. The van der Waals surface area contributed by atoms with Crippen LogP contribution in [0.25, 0.3) is 0 Å². The van der Waals surface area contributed by atoms with Gasteiger partial charge in [0.15, 0.2) is 0 Å². The smallest absolute Gasteiger partial charge is 0.123 e. The van der Waals surface area contributed by atoms with Gasteiger partial charge >= 0.3 is 0 Å². The first kappa shape index (κ1) is 12.4. The quantitative estimate of drug-likeness (QED) is 0.819. The minimum absolute atomic E-state index is 0.180. The Morgan fingerprint density at radius 3 is 2.47 bits per heavy atom. The van der Waals surface area contributed by atoms with Crippen LogP contribution in [0, 0.1) is 16.3 Å². The van der Waals surface area contributed by atoms with Crippen molar-refractivity contribution in [2.45, 2.75) is 13.5 Å². The SMILES string of the molecule is Cc1cc(F)ccc1CNc1ccc(I)cc1. The number of benzene rings is 2. The molecule has 0 spiro atoms. The average Bonchev–Trinajstić information content (AvgIpc) is 2.30. The van der Waals surface area contributed by atoms with Gasteiger partial charge in [0, 0.05) is 15.8 Å². The van der Waals surface area contributed by atoms with E-state index in [-0.39, 0.29) is 5.82 Å². The Morgan fingerprint density at radius 2 is 1.82 bits per heavy atom. The molecule has 0 unspecified atom stereocenters. The fourth-order valence-corrected chi connectivity index (χ4v) is 1.98. The molecule has 0 fully saturated rings. The Bertz CT molecular complexity index is 508. The van der Waals surface area contributed by atoms with Gasteiger partial charge in [-0.1, -0.05) is 6.07 Å². The Hall–Kier alpha value is -1.10. The number of rotatable bonds is 3. The van der Waals surface area contributed by atoms with Crippen LogP contribution in [0.2, 0.25) is 0 Å². The molecule has 2 aromatic rings. The van der Waals surface area contributed by atoms with Crippen LogP contribution < -0.4 is 5.32 Å². The molecule has 0 aliphatic heterocycles. The molecule has 0 radical (unpaired) electrons. The zero-order chi connectivity index (χ0) is 12.3. The molecule has 0 aromatic heterocycles. The van der Waals surface area contributed by atoms with Gasteiger partial charge in [-0.25, -0.2) is 4.39 Å². The maximum absolute atomic E-state index is 12.9. The largest absolute Gasteiger partial charge is 0.381 e. The number of anilines is 1. The maximum atomic E-state index is 12.9. The summed E-state index contributed by atoms with van der Waals surface area (Å²) in [6.45, 7) is 2.64. The highest BCUT2D eigenvalue weighted by Gasteiger charge is 2.00. The molecule has 0 heterocycles. The van der Waals surface area contributed by atoms with Crippen LogP contribution in [0.5, 0.6) is 0 Å². The summed E-state index contributed by atoms with van der Waals surface area (Å²) >= 11 is 2.28. The summed E-state index contributed by atoms with van der Waals surface area (Å²) < 4.78 is 14.1. The van der Waals surface area contributed by atoms with Crippen molar-refractivity contribution in [2.24, 2.45) is 0 Å². The van der Waals surface area contributed by atoms with E-state index in [4.69, 9.17) is 0 Å². The van der Waals surface area contributed by atoms with Crippen molar-refractivity contribution in [1.29, 1.82) is 0 Å². The minimum Gasteiger partial charge on any atom is -0.381 e. The van der Waals surface area contributed by atoms with E-state index in [1.165, 1.54) is 9.64 Å². The number of halogens is 2. The summed E-state index contributed by atoms with van der Waals surface area (Å²) in [5.41, 5.74) is 3.17. The predicted octanol–water partition coefficient (Wildman–Crippen LogP) is 4.35. The molecular formula is C14H13FIN. The molecule has 88 valence electrons. The van der Waals surface area contributed by atoms with Gasteiger partial charge in [-0.2, -0.15) is 0 Å². The lowest BCUT2D eigenvalue weighted by Gasteiger charge is -2.09. The number of hydrogen-bond donors (Lipinski definition) is 1. The van der Waals surface area contributed by atoms with Crippen LogP contribution in [0.3, 0.4) is 0 Å². The second-order valence-electron chi connectivity index (χ2n) is 3.93. The van der Waals surface area contributed by atoms with Gasteiger partial charge in [-0.3, -0.25) is 0 Å². The standard InChI is InChI=1S/C14H13FIN/c1-10-8-12(15)3-2-11(10)9-17-14-6-4-13(16)5-7-14/h2-8,17H,9H2,1H3. The summed E-state index contributed by atoms with van der Waals surface area (Å²) in [4.78, 5) is 0. The van der Waals surface area contributed by atoms with Crippen LogP contribution in [0.15, 0.2) is 42.5 Å². The summed E-state index contributed by atoms with van der Waals surface area (Å²) in [6, 6.07) is 13.1. The van der Waals surface area contributed by atoms with Crippen LogP contribution >= 0.6 is 22.6 Å². The summed E-state index contributed by atoms with van der Waals surface area (Å²) in [5.74, 6) is -0.180. The number of nitrogens with one attached hydrogen (secondary N) is 1. The molecule has 0 aliphatic rings. The third kappa shape index (κ3) is 3.43. The van der Waals surface area contributed by atoms with E-state index >= 15 is 0 Å². The molecule has 17 heavy (non-hydrogen) atoms. The van der Waals surface area contributed by atoms with Crippen molar-refractivity contribution in [3.05, 3.63) is 63.0 Å². The first-order valence-electron chi connectivity index (χ1n) is 5.39.